The van der Waals surface area contributed by atoms with Crippen LogP contribution in [0.4, 0.5) is 0 Å². The summed E-state index contributed by atoms with van der Waals surface area (Å²) in [6.45, 7) is 8.02. The van der Waals surface area contributed by atoms with E-state index in [9.17, 15) is 9.59 Å². The number of aromatic amines is 1. The molecular weight excluding hydrogens is 480 g/mol. The maximum atomic E-state index is 12.8. The molecule has 3 heterocycles. The van der Waals surface area contributed by atoms with E-state index >= 15 is 0 Å². The summed E-state index contributed by atoms with van der Waals surface area (Å²) >= 11 is 0. The number of nitrogens with zero attached hydrogens (tertiary/aromatic N) is 3. The van der Waals surface area contributed by atoms with Gasteiger partial charge in [-0.2, -0.15) is 0 Å². The van der Waals surface area contributed by atoms with E-state index in [2.05, 4.69) is 15.0 Å². The molecule has 1 amide bonds. The smallest absolute Gasteiger partial charge is 0.306 e. The van der Waals surface area contributed by atoms with Crippen molar-refractivity contribution in [2.24, 2.45) is 0 Å². The Balaban J connectivity index is 1.31. The van der Waals surface area contributed by atoms with Gasteiger partial charge in [-0.05, 0) is 56.5 Å². The summed E-state index contributed by atoms with van der Waals surface area (Å²) in [6, 6.07) is 17.7. The van der Waals surface area contributed by atoms with E-state index in [1.165, 1.54) is 0 Å². The van der Waals surface area contributed by atoms with Crippen LogP contribution in [0.1, 0.15) is 43.1 Å². The third-order valence-electron chi connectivity index (χ3n) is 6.43. The minimum atomic E-state index is -0.475. The number of carbonyl (C=O) groups excluding carboxylic acids is 2. The molecule has 5 rings (SSSR count). The molecule has 1 aliphatic rings. The Morgan fingerprint density at radius 2 is 1.66 bits per heavy atom. The number of hydrogen-bond donors (Lipinski definition) is 1. The Morgan fingerprint density at radius 1 is 0.974 bits per heavy atom. The van der Waals surface area contributed by atoms with Crippen molar-refractivity contribution >= 4 is 22.9 Å². The topological polar surface area (TPSA) is 97.4 Å². The number of fused-ring (bicyclic) bond motifs is 1. The van der Waals surface area contributed by atoms with E-state index in [0.717, 1.165) is 39.1 Å². The Hall–Kier alpha value is -4.04. The molecule has 1 fully saturated rings. The van der Waals surface area contributed by atoms with Gasteiger partial charge >= 0.3 is 5.97 Å². The molecule has 2 aromatic heterocycles. The monoisotopic (exact) mass is 512 g/mol. The lowest BCUT2D eigenvalue weighted by atomic mass is 10.0. The summed E-state index contributed by atoms with van der Waals surface area (Å²) in [5.41, 5.74) is 5.66. The number of carbonyl (C=O) groups is 2. The quantitative estimate of drug-likeness (QED) is 0.364. The van der Waals surface area contributed by atoms with Crippen LogP contribution in [-0.4, -0.2) is 63.6 Å². The van der Waals surface area contributed by atoms with Crippen LogP contribution < -0.4 is 0 Å². The van der Waals surface area contributed by atoms with Crippen molar-refractivity contribution in [3.8, 4) is 22.5 Å². The maximum absolute atomic E-state index is 12.8. The number of H-pyrrole nitrogens is 1. The number of amides is 1. The Labute approximate surface area is 222 Å². The van der Waals surface area contributed by atoms with Crippen molar-refractivity contribution in [1.29, 1.82) is 0 Å². The lowest BCUT2D eigenvalue weighted by Crippen LogP contribution is -2.40. The lowest BCUT2D eigenvalue weighted by molar-refractivity contribution is -0.154. The predicted octanol–water partition coefficient (Wildman–Crippen LogP) is 5.04. The molecule has 0 radical (unpaired) electrons. The van der Waals surface area contributed by atoms with Gasteiger partial charge in [0, 0.05) is 41.7 Å². The molecule has 0 unspecified atom stereocenters. The van der Waals surface area contributed by atoms with Gasteiger partial charge in [-0.3, -0.25) is 9.59 Å². The lowest BCUT2D eigenvalue weighted by Gasteiger charge is -2.26. The first-order chi connectivity index (χ1) is 18.3. The van der Waals surface area contributed by atoms with Crippen LogP contribution in [0.25, 0.3) is 33.5 Å². The van der Waals surface area contributed by atoms with Gasteiger partial charge in [0.2, 0.25) is 0 Å². The number of ether oxygens (including phenoxy) is 2. The van der Waals surface area contributed by atoms with Gasteiger partial charge in [0.1, 0.15) is 17.6 Å². The highest BCUT2D eigenvalue weighted by atomic mass is 16.6. The second kappa shape index (κ2) is 10.8. The molecule has 4 aromatic rings. The number of rotatable bonds is 6. The second-order valence-corrected chi connectivity index (χ2v) is 10.4. The van der Waals surface area contributed by atoms with E-state index in [1.54, 1.807) is 6.33 Å². The largest absolute Gasteiger partial charge is 0.460 e. The average molecular weight is 513 g/mol. The Kier molecular flexibility index (Phi) is 7.24. The summed E-state index contributed by atoms with van der Waals surface area (Å²) in [7, 11) is 0. The first-order valence-electron chi connectivity index (χ1n) is 12.9. The first-order valence-corrected chi connectivity index (χ1v) is 12.9. The molecule has 1 aliphatic heterocycles. The van der Waals surface area contributed by atoms with Gasteiger partial charge in [0.15, 0.2) is 0 Å². The van der Waals surface area contributed by atoms with Crippen LogP contribution in [0, 0.1) is 0 Å². The summed E-state index contributed by atoms with van der Waals surface area (Å²) < 4.78 is 10.7. The Bertz CT molecular complexity index is 1430. The zero-order chi connectivity index (χ0) is 26.7. The summed E-state index contributed by atoms with van der Waals surface area (Å²) in [6.07, 6.45) is 2.51. The number of morpholine rings is 1. The van der Waals surface area contributed by atoms with Crippen LogP contribution in [0.5, 0.6) is 0 Å². The minimum absolute atomic E-state index is 0.0270. The van der Waals surface area contributed by atoms with E-state index in [4.69, 9.17) is 9.47 Å². The summed E-state index contributed by atoms with van der Waals surface area (Å²) in [5, 5.41) is 0.914. The standard InChI is InChI=1S/C30H32N4O4/c1-30(2,3)38-26(35)13-6-20-4-7-22(8-5-20)27-24-18-25(33-28(24)32-19-31-27)21-9-11-23(12-10-21)29(36)34-14-16-37-17-15-34/h4-5,7-12,18-19H,6,13-17H2,1-3H3,(H,31,32,33). The van der Waals surface area contributed by atoms with E-state index < -0.39 is 5.60 Å². The van der Waals surface area contributed by atoms with Crippen molar-refractivity contribution in [3.63, 3.8) is 0 Å². The number of nitrogens with one attached hydrogen (secondary N) is 1. The molecule has 2 aromatic carbocycles. The van der Waals surface area contributed by atoms with E-state index in [-0.39, 0.29) is 11.9 Å². The van der Waals surface area contributed by atoms with E-state index in [1.807, 2.05) is 80.3 Å². The molecule has 0 saturated carbocycles. The number of benzene rings is 2. The van der Waals surface area contributed by atoms with Crippen LogP contribution in [-0.2, 0) is 20.7 Å². The number of aromatic nitrogens is 3. The molecule has 38 heavy (non-hydrogen) atoms. The minimum Gasteiger partial charge on any atom is -0.460 e. The predicted molar refractivity (Wildman–Crippen MR) is 146 cm³/mol. The molecule has 0 aliphatic carbocycles. The fraction of sp³-hybridized carbons (Fsp3) is 0.333. The van der Waals surface area contributed by atoms with Crippen molar-refractivity contribution in [3.05, 3.63) is 72.1 Å². The van der Waals surface area contributed by atoms with Crippen molar-refractivity contribution in [2.45, 2.75) is 39.2 Å². The highest BCUT2D eigenvalue weighted by Gasteiger charge is 2.19. The zero-order valence-corrected chi connectivity index (χ0v) is 22.0. The van der Waals surface area contributed by atoms with Crippen LogP contribution in [0.2, 0.25) is 0 Å². The highest BCUT2D eigenvalue weighted by molar-refractivity contribution is 5.96. The highest BCUT2D eigenvalue weighted by Crippen LogP contribution is 2.30. The van der Waals surface area contributed by atoms with E-state index in [0.29, 0.717) is 44.7 Å². The molecule has 8 heteroatoms. The molecule has 196 valence electrons. The molecule has 0 spiro atoms. The average Bonchev–Trinajstić information content (AvgIpc) is 3.36. The van der Waals surface area contributed by atoms with Gasteiger partial charge in [-0.1, -0.05) is 36.4 Å². The van der Waals surface area contributed by atoms with Gasteiger partial charge in [-0.15, -0.1) is 0 Å². The molecule has 0 bridgehead atoms. The number of esters is 1. The normalized spacial score (nSPS) is 14.0. The zero-order valence-electron chi connectivity index (χ0n) is 22.0. The first kappa shape index (κ1) is 25.6. The fourth-order valence-corrected chi connectivity index (χ4v) is 4.54. The number of hydrogen-bond acceptors (Lipinski definition) is 6. The molecule has 0 atom stereocenters. The summed E-state index contributed by atoms with van der Waals surface area (Å²) in [5.74, 6) is -0.170. The van der Waals surface area contributed by atoms with Crippen molar-refractivity contribution in [1.82, 2.24) is 19.9 Å². The van der Waals surface area contributed by atoms with Gasteiger partial charge in [0.25, 0.3) is 5.91 Å². The second-order valence-electron chi connectivity index (χ2n) is 10.4. The van der Waals surface area contributed by atoms with Gasteiger partial charge in [0.05, 0.1) is 18.9 Å². The van der Waals surface area contributed by atoms with Crippen molar-refractivity contribution in [2.75, 3.05) is 26.3 Å². The SMILES string of the molecule is CC(C)(C)OC(=O)CCc1ccc(-c2ncnc3[nH]c(-c4ccc(C(=O)N5CCOCC5)cc4)cc23)cc1. The molecule has 8 nitrogen and oxygen atoms in total. The van der Waals surface area contributed by atoms with Crippen molar-refractivity contribution < 1.29 is 19.1 Å². The fourth-order valence-electron chi connectivity index (χ4n) is 4.54. The van der Waals surface area contributed by atoms with Crippen LogP contribution in [0.15, 0.2) is 60.9 Å². The number of aryl methyl sites for hydroxylation is 1. The maximum Gasteiger partial charge on any atom is 0.306 e. The van der Waals surface area contributed by atoms with Crippen LogP contribution >= 0.6 is 0 Å². The van der Waals surface area contributed by atoms with Crippen LogP contribution in [0.3, 0.4) is 0 Å². The third-order valence-corrected chi connectivity index (χ3v) is 6.43. The summed E-state index contributed by atoms with van der Waals surface area (Å²) in [4.78, 5) is 39.0. The van der Waals surface area contributed by atoms with Gasteiger partial charge < -0.3 is 19.4 Å². The Morgan fingerprint density at radius 3 is 2.34 bits per heavy atom. The molecule has 1 N–H and O–H groups in total. The third kappa shape index (κ3) is 5.92. The van der Waals surface area contributed by atoms with Gasteiger partial charge in [-0.25, -0.2) is 9.97 Å². The molecule has 1 saturated heterocycles. The molecular formula is C30H32N4O4.